The smallest absolute Gasteiger partial charge is 0.0590 e. The van der Waals surface area contributed by atoms with E-state index in [4.69, 9.17) is 4.74 Å². The van der Waals surface area contributed by atoms with Crippen LogP contribution in [0.2, 0.25) is 0 Å². The van der Waals surface area contributed by atoms with Crippen LogP contribution in [0, 0.1) is 5.92 Å². The highest BCUT2D eigenvalue weighted by molar-refractivity contribution is 5.40. The van der Waals surface area contributed by atoms with Crippen LogP contribution in [0.5, 0.6) is 0 Å². The molecule has 0 radical (unpaired) electrons. The lowest BCUT2D eigenvalue weighted by atomic mass is 9.78. The first-order chi connectivity index (χ1) is 8.77. The Morgan fingerprint density at radius 3 is 2.89 bits per heavy atom. The zero-order valence-corrected chi connectivity index (χ0v) is 11.6. The first-order valence-corrected chi connectivity index (χ1v) is 7.13. The number of hydrogen-bond acceptors (Lipinski definition) is 2. The van der Waals surface area contributed by atoms with Crippen molar-refractivity contribution < 1.29 is 4.74 Å². The van der Waals surface area contributed by atoms with Crippen molar-refractivity contribution in [3.8, 4) is 0 Å². The Kier molecular flexibility index (Phi) is 5.21. The summed E-state index contributed by atoms with van der Waals surface area (Å²) in [6.07, 6.45) is 2.40. The normalized spacial score (nSPS) is 17.6. The molecule has 0 aromatic heterocycles. The summed E-state index contributed by atoms with van der Waals surface area (Å²) in [6, 6.07) is 8.76. The molecule has 0 saturated carbocycles. The molecule has 0 spiro atoms. The van der Waals surface area contributed by atoms with Crippen molar-refractivity contribution in [2.45, 2.75) is 32.6 Å². The van der Waals surface area contributed by atoms with Gasteiger partial charge in [0.2, 0.25) is 0 Å². The zero-order chi connectivity index (χ0) is 12.8. The maximum absolute atomic E-state index is 5.58. The van der Waals surface area contributed by atoms with Crippen LogP contribution in [0.4, 0.5) is 0 Å². The third-order valence-electron chi connectivity index (χ3n) is 3.61. The van der Waals surface area contributed by atoms with E-state index in [0.717, 1.165) is 44.6 Å². The van der Waals surface area contributed by atoms with E-state index in [-0.39, 0.29) is 0 Å². The second kappa shape index (κ2) is 6.91. The molecule has 1 aliphatic carbocycles. The van der Waals surface area contributed by atoms with Gasteiger partial charge in [-0.15, -0.1) is 0 Å². The average molecular weight is 247 g/mol. The Morgan fingerprint density at radius 1 is 1.28 bits per heavy atom. The molecule has 1 atom stereocenters. The molecular formula is C16H25NO. The summed E-state index contributed by atoms with van der Waals surface area (Å²) in [5, 5.41) is 3.49. The Hall–Kier alpha value is -0.860. The van der Waals surface area contributed by atoms with E-state index in [1.54, 1.807) is 0 Å². The van der Waals surface area contributed by atoms with Gasteiger partial charge >= 0.3 is 0 Å². The number of ether oxygens (including phenoxy) is 1. The lowest BCUT2D eigenvalue weighted by Gasteiger charge is -2.30. The van der Waals surface area contributed by atoms with Gasteiger partial charge in [0.15, 0.2) is 0 Å². The first-order valence-electron chi connectivity index (χ1n) is 7.13. The van der Waals surface area contributed by atoms with Crippen LogP contribution in [0.1, 0.15) is 37.3 Å². The number of benzene rings is 1. The molecule has 0 aliphatic heterocycles. The Morgan fingerprint density at radius 2 is 2.11 bits per heavy atom. The molecule has 0 bridgehead atoms. The Balaban J connectivity index is 1.50. The third kappa shape index (κ3) is 3.82. The maximum Gasteiger partial charge on any atom is 0.0590 e. The fourth-order valence-electron chi connectivity index (χ4n) is 2.39. The molecule has 18 heavy (non-hydrogen) atoms. The monoisotopic (exact) mass is 247 g/mol. The van der Waals surface area contributed by atoms with Crippen LogP contribution in [-0.4, -0.2) is 26.3 Å². The van der Waals surface area contributed by atoms with Gasteiger partial charge in [-0.05, 0) is 29.9 Å². The molecule has 100 valence electrons. The first kappa shape index (κ1) is 13.6. The van der Waals surface area contributed by atoms with Crippen molar-refractivity contribution in [1.29, 1.82) is 0 Å². The number of nitrogens with one attached hydrogen (secondary N) is 1. The standard InChI is InChI=1S/C16H25NO/c1-13(2)7-9-18-10-8-17-12-15-11-14-5-3-4-6-16(14)15/h3-6,13,15,17H,7-12H2,1-2H3. The highest BCUT2D eigenvalue weighted by Crippen LogP contribution is 2.33. The molecule has 0 heterocycles. The van der Waals surface area contributed by atoms with Crippen molar-refractivity contribution in [2.75, 3.05) is 26.3 Å². The highest BCUT2D eigenvalue weighted by Gasteiger charge is 2.24. The molecule has 1 unspecified atom stereocenters. The van der Waals surface area contributed by atoms with Crippen LogP contribution in [0.25, 0.3) is 0 Å². The van der Waals surface area contributed by atoms with Crippen molar-refractivity contribution >= 4 is 0 Å². The van der Waals surface area contributed by atoms with E-state index in [1.807, 2.05) is 0 Å². The highest BCUT2D eigenvalue weighted by atomic mass is 16.5. The van der Waals surface area contributed by atoms with E-state index in [2.05, 4.69) is 43.4 Å². The van der Waals surface area contributed by atoms with Gasteiger partial charge in [-0.25, -0.2) is 0 Å². The molecule has 1 aromatic carbocycles. The van der Waals surface area contributed by atoms with E-state index in [9.17, 15) is 0 Å². The molecule has 0 fully saturated rings. The molecule has 2 nitrogen and oxygen atoms in total. The molecule has 2 heteroatoms. The van der Waals surface area contributed by atoms with Crippen LogP contribution in [0.15, 0.2) is 24.3 Å². The number of hydrogen-bond donors (Lipinski definition) is 1. The molecule has 2 rings (SSSR count). The van der Waals surface area contributed by atoms with Crippen LogP contribution in [0.3, 0.4) is 0 Å². The van der Waals surface area contributed by atoms with E-state index >= 15 is 0 Å². The van der Waals surface area contributed by atoms with Crippen LogP contribution >= 0.6 is 0 Å². The quantitative estimate of drug-likeness (QED) is 0.713. The zero-order valence-electron chi connectivity index (χ0n) is 11.6. The predicted octanol–water partition coefficient (Wildman–Crippen LogP) is 2.98. The van der Waals surface area contributed by atoms with Crippen LogP contribution in [-0.2, 0) is 11.2 Å². The SMILES string of the molecule is CC(C)CCOCCNCC1Cc2ccccc21. The van der Waals surface area contributed by atoms with Crippen molar-refractivity contribution in [2.24, 2.45) is 5.92 Å². The molecule has 0 saturated heterocycles. The van der Waals surface area contributed by atoms with E-state index < -0.39 is 0 Å². The lowest BCUT2D eigenvalue weighted by Crippen LogP contribution is -2.31. The van der Waals surface area contributed by atoms with Crippen molar-refractivity contribution in [3.05, 3.63) is 35.4 Å². The summed E-state index contributed by atoms with van der Waals surface area (Å²) in [4.78, 5) is 0. The summed E-state index contributed by atoms with van der Waals surface area (Å²) in [7, 11) is 0. The summed E-state index contributed by atoms with van der Waals surface area (Å²) in [5.41, 5.74) is 3.06. The summed E-state index contributed by atoms with van der Waals surface area (Å²) in [6.45, 7) is 8.25. The third-order valence-corrected chi connectivity index (χ3v) is 3.61. The molecule has 1 aromatic rings. The van der Waals surface area contributed by atoms with Gasteiger partial charge < -0.3 is 10.1 Å². The average Bonchev–Trinajstić information content (AvgIpc) is 2.32. The van der Waals surface area contributed by atoms with E-state index in [1.165, 1.54) is 17.5 Å². The second-order valence-corrected chi connectivity index (χ2v) is 5.60. The van der Waals surface area contributed by atoms with Gasteiger partial charge in [0.25, 0.3) is 0 Å². The number of fused-ring (bicyclic) bond motifs is 1. The fourth-order valence-corrected chi connectivity index (χ4v) is 2.39. The molecular weight excluding hydrogens is 222 g/mol. The summed E-state index contributed by atoms with van der Waals surface area (Å²) in [5.74, 6) is 1.46. The minimum absolute atomic E-state index is 0.719. The topological polar surface area (TPSA) is 21.3 Å². The van der Waals surface area contributed by atoms with Crippen LogP contribution < -0.4 is 5.32 Å². The fraction of sp³-hybridized carbons (Fsp3) is 0.625. The largest absolute Gasteiger partial charge is 0.380 e. The Labute approximate surface area is 111 Å². The molecule has 0 amide bonds. The molecule has 1 aliphatic rings. The van der Waals surface area contributed by atoms with Crippen molar-refractivity contribution in [3.63, 3.8) is 0 Å². The van der Waals surface area contributed by atoms with Gasteiger partial charge in [-0.3, -0.25) is 0 Å². The predicted molar refractivity (Wildman–Crippen MR) is 76.0 cm³/mol. The van der Waals surface area contributed by atoms with Gasteiger partial charge in [0.05, 0.1) is 6.61 Å². The van der Waals surface area contributed by atoms with Crippen molar-refractivity contribution in [1.82, 2.24) is 5.32 Å². The molecule has 1 N–H and O–H groups in total. The van der Waals surface area contributed by atoms with Gasteiger partial charge in [-0.1, -0.05) is 38.1 Å². The van der Waals surface area contributed by atoms with Gasteiger partial charge in [-0.2, -0.15) is 0 Å². The van der Waals surface area contributed by atoms with E-state index in [0.29, 0.717) is 0 Å². The Bertz CT molecular complexity index is 362. The van der Waals surface area contributed by atoms with Gasteiger partial charge in [0.1, 0.15) is 0 Å². The minimum atomic E-state index is 0.719. The summed E-state index contributed by atoms with van der Waals surface area (Å²) < 4.78 is 5.58. The summed E-state index contributed by atoms with van der Waals surface area (Å²) >= 11 is 0. The number of rotatable bonds is 8. The minimum Gasteiger partial charge on any atom is -0.380 e. The maximum atomic E-state index is 5.58. The second-order valence-electron chi connectivity index (χ2n) is 5.60. The lowest BCUT2D eigenvalue weighted by molar-refractivity contribution is 0.125. The van der Waals surface area contributed by atoms with Gasteiger partial charge in [0, 0.05) is 25.6 Å².